The van der Waals surface area contributed by atoms with Crippen LogP contribution in [0.25, 0.3) is 0 Å². The van der Waals surface area contributed by atoms with Gasteiger partial charge in [0.2, 0.25) is 5.91 Å². The molecule has 0 spiro atoms. The van der Waals surface area contributed by atoms with Crippen LogP contribution in [0.2, 0.25) is 0 Å². The quantitative estimate of drug-likeness (QED) is 0.818. The average Bonchev–Trinajstić information content (AvgIpc) is 2.36. The van der Waals surface area contributed by atoms with Crippen molar-refractivity contribution in [2.75, 3.05) is 25.5 Å². The SMILES string of the molecule is COC(=O)c1ccc(F)cc1NC(=O)C(C)C1CNC1. The van der Waals surface area contributed by atoms with E-state index in [4.69, 9.17) is 0 Å². The molecule has 1 aliphatic heterocycles. The zero-order valence-electron chi connectivity index (χ0n) is 11.4. The van der Waals surface area contributed by atoms with Gasteiger partial charge >= 0.3 is 5.97 Å². The van der Waals surface area contributed by atoms with Crippen LogP contribution in [0, 0.1) is 17.7 Å². The minimum atomic E-state index is -0.613. The van der Waals surface area contributed by atoms with Crippen molar-refractivity contribution in [3.63, 3.8) is 0 Å². The summed E-state index contributed by atoms with van der Waals surface area (Å²) in [6.07, 6.45) is 0. The second-order valence-electron chi connectivity index (χ2n) is 4.88. The minimum absolute atomic E-state index is 0.140. The van der Waals surface area contributed by atoms with Gasteiger partial charge in [0, 0.05) is 5.92 Å². The Balaban J connectivity index is 2.16. The van der Waals surface area contributed by atoms with Crippen molar-refractivity contribution in [2.24, 2.45) is 11.8 Å². The van der Waals surface area contributed by atoms with Crippen LogP contribution in [0.4, 0.5) is 10.1 Å². The standard InChI is InChI=1S/C14H17FN2O3/c1-8(9-6-16-7-9)13(18)17-12-5-10(15)3-4-11(12)14(19)20-2/h3-5,8-9,16H,6-7H2,1-2H3,(H,17,18). The van der Waals surface area contributed by atoms with Crippen molar-refractivity contribution in [3.8, 4) is 0 Å². The summed E-state index contributed by atoms with van der Waals surface area (Å²) < 4.78 is 17.9. The second-order valence-corrected chi connectivity index (χ2v) is 4.88. The molecule has 0 saturated carbocycles. The normalized spacial score (nSPS) is 16.1. The number of benzene rings is 1. The Hall–Kier alpha value is -1.95. The lowest BCUT2D eigenvalue weighted by Crippen LogP contribution is -2.48. The van der Waals surface area contributed by atoms with Gasteiger partial charge < -0.3 is 15.4 Å². The van der Waals surface area contributed by atoms with Gasteiger partial charge in [0.25, 0.3) is 0 Å². The number of anilines is 1. The van der Waals surface area contributed by atoms with Gasteiger partial charge in [-0.1, -0.05) is 6.92 Å². The lowest BCUT2D eigenvalue weighted by Gasteiger charge is -2.31. The van der Waals surface area contributed by atoms with Crippen LogP contribution in [-0.4, -0.2) is 32.1 Å². The number of carbonyl (C=O) groups is 2. The van der Waals surface area contributed by atoms with Gasteiger partial charge in [-0.25, -0.2) is 9.18 Å². The van der Waals surface area contributed by atoms with Crippen molar-refractivity contribution in [1.82, 2.24) is 5.32 Å². The highest BCUT2D eigenvalue weighted by atomic mass is 19.1. The van der Waals surface area contributed by atoms with Crippen molar-refractivity contribution >= 4 is 17.6 Å². The fourth-order valence-electron chi connectivity index (χ4n) is 2.03. The molecular formula is C14H17FN2O3. The lowest BCUT2D eigenvalue weighted by molar-refractivity contribution is -0.121. The number of rotatable bonds is 4. The molecule has 108 valence electrons. The minimum Gasteiger partial charge on any atom is -0.465 e. The van der Waals surface area contributed by atoms with Gasteiger partial charge in [-0.05, 0) is 37.2 Å². The molecule has 0 bridgehead atoms. The summed E-state index contributed by atoms with van der Waals surface area (Å²) in [7, 11) is 1.24. The lowest BCUT2D eigenvalue weighted by atomic mass is 9.88. The van der Waals surface area contributed by atoms with E-state index in [2.05, 4.69) is 15.4 Å². The Morgan fingerprint density at radius 3 is 2.70 bits per heavy atom. The second kappa shape index (κ2) is 6.00. The summed E-state index contributed by atoms with van der Waals surface area (Å²) in [6, 6.07) is 3.57. The molecule has 20 heavy (non-hydrogen) atoms. The zero-order chi connectivity index (χ0) is 14.7. The maximum atomic E-state index is 13.3. The van der Waals surface area contributed by atoms with E-state index < -0.39 is 11.8 Å². The van der Waals surface area contributed by atoms with Gasteiger partial charge in [-0.2, -0.15) is 0 Å². The van der Waals surface area contributed by atoms with E-state index in [1.807, 2.05) is 6.92 Å². The Morgan fingerprint density at radius 1 is 1.45 bits per heavy atom. The van der Waals surface area contributed by atoms with Gasteiger partial charge in [0.15, 0.2) is 0 Å². The number of halogens is 1. The first-order chi connectivity index (χ1) is 9.52. The molecule has 1 atom stereocenters. The molecule has 0 aliphatic carbocycles. The molecule has 1 fully saturated rings. The molecule has 1 saturated heterocycles. The topological polar surface area (TPSA) is 67.4 Å². The smallest absolute Gasteiger partial charge is 0.339 e. The van der Waals surface area contributed by atoms with Crippen LogP contribution in [0.1, 0.15) is 17.3 Å². The molecule has 1 unspecified atom stereocenters. The number of ether oxygens (including phenoxy) is 1. The molecule has 1 aromatic carbocycles. The number of carbonyl (C=O) groups excluding carboxylic acids is 2. The van der Waals surface area contributed by atoms with E-state index in [0.717, 1.165) is 25.2 Å². The van der Waals surface area contributed by atoms with E-state index in [-0.39, 0.29) is 29.0 Å². The summed E-state index contributed by atoms with van der Waals surface area (Å²) >= 11 is 0. The van der Waals surface area contributed by atoms with Crippen LogP contribution in [-0.2, 0) is 9.53 Å². The van der Waals surface area contributed by atoms with Crippen LogP contribution in [0.3, 0.4) is 0 Å². The third-order valence-electron chi connectivity index (χ3n) is 3.58. The highest BCUT2D eigenvalue weighted by Gasteiger charge is 2.29. The first kappa shape index (κ1) is 14.5. The van der Waals surface area contributed by atoms with Crippen LogP contribution in [0.5, 0.6) is 0 Å². The molecule has 5 nitrogen and oxygen atoms in total. The number of hydrogen-bond acceptors (Lipinski definition) is 4. The molecule has 0 radical (unpaired) electrons. The van der Waals surface area contributed by atoms with Crippen LogP contribution in [0.15, 0.2) is 18.2 Å². The Bertz CT molecular complexity index is 529. The third-order valence-corrected chi connectivity index (χ3v) is 3.58. The zero-order valence-corrected chi connectivity index (χ0v) is 11.4. The van der Waals surface area contributed by atoms with Crippen LogP contribution < -0.4 is 10.6 Å². The molecule has 1 heterocycles. The Kier molecular flexibility index (Phi) is 4.34. The van der Waals surface area contributed by atoms with E-state index >= 15 is 0 Å². The highest BCUT2D eigenvalue weighted by Crippen LogP contribution is 2.22. The van der Waals surface area contributed by atoms with Crippen molar-refractivity contribution in [3.05, 3.63) is 29.6 Å². The predicted molar refractivity (Wildman–Crippen MR) is 71.9 cm³/mol. The molecule has 0 aromatic heterocycles. The van der Waals surface area contributed by atoms with E-state index in [9.17, 15) is 14.0 Å². The number of nitrogens with one attached hydrogen (secondary N) is 2. The summed E-state index contributed by atoms with van der Waals surface area (Å²) in [5.41, 5.74) is 0.280. The van der Waals surface area contributed by atoms with Crippen molar-refractivity contribution in [2.45, 2.75) is 6.92 Å². The van der Waals surface area contributed by atoms with Gasteiger partial charge in [-0.3, -0.25) is 4.79 Å². The number of amides is 1. The summed E-state index contributed by atoms with van der Waals surface area (Å²) in [4.78, 5) is 23.7. The van der Waals surface area contributed by atoms with E-state index in [1.54, 1.807) is 0 Å². The fraction of sp³-hybridized carbons (Fsp3) is 0.429. The fourth-order valence-corrected chi connectivity index (χ4v) is 2.03. The molecular weight excluding hydrogens is 263 g/mol. The predicted octanol–water partition coefficient (Wildman–Crippen LogP) is 1.41. The molecule has 1 amide bonds. The van der Waals surface area contributed by atoms with Crippen molar-refractivity contribution in [1.29, 1.82) is 0 Å². The molecule has 2 rings (SSSR count). The molecule has 6 heteroatoms. The Morgan fingerprint density at radius 2 is 2.15 bits per heavy atom. The van der Waals surface area contributed by atoms with E-state index in [1.165, 1.54) is 13.2 Å². The maximum absolute atomic E-state index is 13.3. The summed E-state index contributed by atoms with van der Waals surface area (Å²) in [5.74, 6) is -1.30. The highest BCUT2D eigenvalue weighted by molar-refractivity contribution is 6.01. The molecule has 2 N–H and O–H groups in total. The number of esters is 1. The summed E-state index contributed by atoms with van der Waals surface area (Å²) in [5, 5.41) is 5.70. The molecule has 1 aliphatic rings. The first-order valence-corrected chi connectivity index (χ1v) is 6.42. The number of hydrogen-bond donors (Lipinski definition) is 2. The van der Waals surface area contributed by atoms with Gasteiger partial charge in [0.05, 0.1) is 18.4 Å². The Labute approximate surface area is 116 Å². The summed E-state index contributed by atoms with van der Waals surface area (Å²) in [6.45, 7) is 3.40. The first-order valence-electron chi connectivity index (χ1n) is 6.42. The largest absolute Gasteiger partial charge is 0.465 e. The van der Waals surface area contributed by atoms with Crippen molar-refractivity contribution < 1.29 is 18.7 Å². The van der Waals surface area contributed by atoms with E-state index in [0.29, 0.717) is 0 Å². The van der Waals surface area contributed by atoms with Crippen LogP contribution >= 0.6 is 0 Å². The van der Waals surface area contributed by atoms with Gasteiger partial charge in [-0.15, -0.1) is 0 Å². The van der Waals surface area contributed by atoms with Gasteiger partial charge in [0.1, 0.15) is 5.82 Å². The maximum Gasteiger partial charge on any atom is 0.339 e. The average molecular weight is 280 g/mol. The monoisotopic (exact) mass is 280 g/mol. The third kappa shape index (κ3) is 2.96. The molecule has 1 aromatic rings. The number of methoxy groups -OCH3 is 1.